The van der Waals surface area contributed by atoms with Crippen molar-refractivity contribution in [3.63, 3.8) is 0 Å². The molecule has 3 nitrogen and oxygen atoms in total. The van der Waals surface area contributed by atoms with Gasteiger partial charge in [-0.25, -0.2) is 0 Å². The predicted octanol–water partition coefficient (Wildman–Crippen LogP) is -4.04. The summed E-state index contributed by atoms with van der Waals surface area (Å²) in [5.74, 6) is 0. The van der Waals surface area contributed by atoms with Crippen LogP contribution in [0, 0.1) is 0 Å². The number of rotatable bonds is 3. The Morgan fingerprint density at radius 3 is 1.08 bits per heavy atom. The van der Waals surface area contributed by atoms with Crippen molar-refractivity contribution >= 4 is 7.92 Å². The minimum atomic E-state index is -4.01. The Kier molecular flexibility index (Phi) is 24.6. The summed E-state index contributed by atoms with van der Waals surface area (Å²) < 4.78 is 25.7. The van der Waals surface area contributed by atoms with Gasteiger partial charge in [-0.15, -0.1) is 7.92 Å². The van der Waals surface area contributed by atoms with Crippen LogP contribution in [0.2, 0.25) is 0 Å². The molecule has 0 atom stereocenters. The number of halogens is 1. The van der Waals surface area contributed by atoms with E-state index in [4.69, 9.17) is 10.3 Å². The summed E-state index contributed by atoms with van der Waals surface area (Å²) in [6.45, 7) is 6.87. The van der Waals surface area contributed by atoms with Crippen LogP contribution in [-0.4, -0.2) is 18.5 Å². The average Bonchev–Trinajstić information content (AvgIpc) is 1.90. The van der Waals surface area contributed by atoms with Gasteiger partial charge in [-0.1, -0.05) is 20.8 Å². The normalized spacial score (nSPS) is 9.00. The second-order valence-electron chi connectivity index (χ2n) is 1.81. The summed E-state index contributed by atoms with van der Waals surface area (Å²) in [5.41, 5.74) is 0. The third-order valence-corrected chi connectivity index (χ3v) is 4.02. The SMILES string of the molecule is CCP(CC)CC.[Au+].[O-][I+2]([O-])[O-]. The van der Waals surface area contributed by atoms with Gasteiger partial charge in [0.25, 0.3) is 21.1 Å². The second-order valence-corrected chi connectivity index (χ2v) is 6.13. The Morgan fingerprint density at radius 1 is 0.917 bits per heavy atom. The van der Waals surface area contributed by atoms with Crippen LogP contribution < -0.4 is 31.4 Å². The quantitative estimate of drug-likeness (QED) is 0.230. The van der Waals surface area contributed by atoms with Crippen molar-refractivity contribution in [2.45, 2.75) is 20.8 Å². The molecule has 0 rings (SSSR count). The standard InChI is InChI=1S/C6H15P.Au.IO3/c1-4-7(5-2)6-3;;2-1(3)4/h4-6H2,1-3H3;;/q;+1;-1. The molecule has 12 heavy (non-hydrogen) atoms. The monoisotopic (exact) mass is 490 g/mol. The number of hydrogen-bond donors (Lipinski definition) is 0. The van der Waals surface area contributed by atoms with Gasteiger partial charge in [0, 0.05) is 0 Å². The van der Waals surface area contributed by atoms with Crippen LogP contribution in [0.4, 0.5) is 0 Å². The molecule has 80 valence electrons. The van der Waals surface area contributed by atoms with Gasteiger partial charge < -0.3 is 10.3 Å². The van der Waals surface area contributed by atoms with Crippen molar-refractivity contribution < 1.29 is 53.8 Å². The predicted molar refractivity (Wildman–Crippen MR) is 38.5 cm³/mol. The Bertz CT molecular complexity index is 65.5. The van der Waals surface area contributed by atoms with Crippen LogP contribution in [0.5, 0.6) is 0 Å². The molecule has 0 N–H and O–H groups in total. The first-order valence-electron chi connectivity index (χ1n) is 3.53. The molecule has 0 fully saturated rings. The van der Waals surface area contributed by atoms with E-state index in [1.54, 1.807) is 0 Å². The maximum absolute atomic E-state index is 8.57. The van der Waals surface area contributed by atoms with Crippen LogP contribution >= 0.6 is 7.92 Å². The minimum absolute atomic E-state index is 0. The fourth-order valence-corrected chi connectivity index (χ4v) is 2.01. The Balaban J connectivity index is -0.000000142. The van der Waals surface area contributed by atoms with E-state index in [2.05, 4.69) is 20.8 Å². The third kappa shape index (κ3) is 22.6. The van der Waals surface area contributed by atoms with E-state index in [0.717, 1.165) is 0 Å². The van der Waals surface area contributed by atoms with Crippen molar-refractivity contribution in [3.05, 3.63) is 0 Å². The molecular formula is C6H15AuIO3P. The molecule has 0 aromatic rings. The maximum Gasteiger partial charge on any atom is 1.00 e. The van der Waals surface area contributed by atoms with Gasteiger partial charge in [-0.2, -0.15) is 0 Å². The van der Waals surface area contributed by atoms with Crippen molar-refractivity contribution in [2.24, 2.45) is 0 Å². The summed E-state index contributed by atoms with van der Waals surface area (Å²) >= 11 is -4.01. The van der Waals surface area contributed by atoms with Crippen LogP contribution in [0.15, 0.2) is 0 Å². The Morgan fingerprint density at radius 2 is 1.08 bits per heavy atom. The third-order valence-electron chi connectivity index (χ3n) is 1.34. The molecule has 0 heterocycles. The summed E-state index contributed by atoms with van der Waals surface area (Å²) in [5, 5.41) is 0. The molecule has 0 saturated heterocycles. The zero-order valence-corrected chi connectivity index (χ0v) is 12.7. The summed E-state index contributed by atoms with van der Waals surface area (Å²) in [6, 6.07) is 0. The van der Waals surface area contributed by atoms with Crippen LogP contribution in [-0.2, 0) is 22.4 Å². The molecule has 0 aliphatic heterocycles. The molecule has 0 bridgehead atoms. The van der Waals surface area contributed by atoms with Gasteiger partial charge in [0.15, 0.2) is 0 Å². The minimum Gasteiger partial charge on any atom is -0.427 e. The van der Waals surface area contributed by atoms with Gasteiger partial charge in [-0.05, 0) is 18.5 Å². The zero-order valence-electron chi connectivity index (χ0n) is 7.47. The molecule has 0 aromatic heterocycles. The van der Waals surface area contributed by atoms with E-state index in [-0.39, 0.29) is 22.4 Å². The second kappa shape index (κ2) is 15.3. The van der Waals surface area contributed by atoms with Gasteiger partial charge in [0.05, 0.1) is 0 Å². The van der Waals surface area contributed by atoms with Crippen molar-refractivity contribution in [3.8, 4) is 0 Å². The zero-order chi connectivity index (χ0) is 9.28. The van der Waals surface area contributed by atoms with E-state index in [1.165, 1.54) is 18.5 Å². The first-order chi connectivity index (χ1) is 5.08. The maximum atomic E-state index is 8.57. The van der Waals surface area contributed by atoms with E-state index >= 15 is 0 Å². The van der Waals surface area contributed by atoms with E-state index < -0.39 is 21.1 Å². The largest absolute Gasteiger partial charge is 1.00 e. The molecule has 0 unspecified atom stereocenters. The molecule has 0 amide bonds. The van der Waals surface area contributed by atoms with Crippen LogP contribution in [0.3, 0.4) is 0 Å². The summed E-state index contributed by atoms with van der Waals surface area (Å²) in [6.07, 6.45) is 4.26. The molecular weight excluding hydrogens is 475 g/mol. The van der Waals surface area contributed by atoms with Crippen molar-refractivity contribution in [1.82, 2.24) is 0 Å². The first kappa shape index (κ1) is 19.4. The van der Waals surface area contributed by atoms with Crippen molar-refractivity contribution in [1.29, 1.82) is 0 Å². The smallest absolute Gasteiger partial charge is 0.427 e. The first-order valence-corrected chi connectivity index (χ1v) is 8.07. The van der Waals surface area contributed by atoms with Crippen molar-refractivity contribution in [2.75, 3.05) is 18.5 Å². The fraction of sp³-hybridized carbons (Fsp3) is 1.00. The molecule has 0 saturated carbocycles. The van der Waals surface area contributed by atoms with Gasteiger partial charge >= 0.3 is 22.4 Å². The van der Waals surface area contributed by atoms with Gasteiger partial charge in [0.2, 0.25) is 0 Å². The van der Waals surface area contributed by atoms with E-state index in [0.29, 0.717) is 7.92 Å². The Labute approximate surface area is 100 Å². The van der Waals surface area contributed by atoms with E-state index in [1.807, 2.05) is 0 Å². The van der Waals surface area contributed by atoms with E-state index in [9.17, 15) is 0 Å². The van der Waals surface area contributed by atoms with Gasteiger partial charge in [-0.3, -0.25) is 0 Å². The number of hydrogen-bond acceptors (Lipinski definition) is 3. The molecule has 0 spiro atoms. The molecule has 0 aliphatic rings. The fourth-order valence-electron chi connectivity index (χ4n) is 0.671. The molecule has 0 aliphatic carbocycles. The van der Waals surface area contributed by atoms with Crippen LogP contribution in [0.1, 0.15) is 20.8 Å². The Hall–Kier alpha value is 1.78. The molecule has 0 aromatic carbocycles. The molecule has 6 heteroatoms. The molecule has 0 radical (unpaired) electrons. The topological polar surface area (TPSA) is 69.2 Å². The average molecular weight is 490 g/mol. The van der Waals surface area contributed by atoms with Gasteiger partial charge in [0.1, 0.15) is 0 Å². The summed E-state index contributed by atoms with van der Waals surface area (Å²) in [7, 11) is 0.446. The summed E-state index contributed by atoms with van der Waals surface area (Å²) in [4.78, 5) is 0. The van der Waals surface area contributed by atoms with Crippen LogP contribution in [0.25, 0.3) is 0 Å².